The number of methoxy groups -OCH3 is 1. The van der Waals surface area contributed by atoms with Crippen molar-refractivity contribution in [1.82, 2.24) is 0 Å². The molecule has 7 heteroatoms. The average molecular weight is 380 g/mol. The topological polar surface area (TPSA) is 64.6 Å². The lowest BCUT2D eigenvalue weighted by Gasteiger charge is -2.08. The predicted octanol–water partition coefficient (Wildman–Crippen LogP) is 4.58. The molecule has 0 saturated heterocycles. The Morgan fingerprint density at radius 1 is 1.04 bits per heavy atom. The quantitative estimate of drug-likeness (QED) is 0.469. The fourth-order valence-corrected chi connectivity index (χ4v) is 2.26. The lowest BCUT2D eigenvalue weighted by molar-refractivity contribution is -0.132. The normalized spacial score (nSPS) is 10.6. The van der Waals surface area contributed by atoms with Gasteiger partial charge < -0.3 is 14.8 Å². The Kier molecular flexibility index (Phi) is 6.44. The number of amides is 1. The third kappa shape index (κ3) is 5.52. The maximum atomic E-state index is 12.0. The SMILES string of the molecule is COc1ccc(/C=C/C(=O)Nc2ccc(Cl)c(Cl)c2)cc1OC(C)=O. The Hall–Kier alpha value is -2.50. The number of benzene rings is 2. The highest BCUT2D eigenvalue weighted by molar-refractivity contribution is 6.42. The molecular weight excluding hydrogens is 365 g/mol. The van der Waals surface area contributed by atoms with Crippen LogP contribution in [0, 0.1) is 0 Å². The minimum atomic E-state index is -0.461. The molecule has 0 atom stereocenters. The summed E-state index contributed by atoms with van der Waals surface area (Å²) in [5, 5.41) is 3.43. The number of nitrogens with one attached hydrogen (secondary N) is 1. The molecule has 0 aliphatic heterocycles. The maximum Gasteiger partial charge on any atom is 0.308 e. The first-order chi connectivity index (χ1) is 11.9. The van der Waals surface area contributed by atoms with E-state index in [-0.39, 0.29) is 11.7 Å². The van der Waals surface area contributed by atoms with Crippen molar-refractivity contribution in [1.29, 1.82) is 0 Å². The molecule has 1 amide bonds. The molecule has 130 valence electrons. The number of esters is 1. The van der Waals surface area contributed by atoms with Gasteiger partial charge in [0.15, 0.2) is 11.5 Å². The van der Waals surface area contributed by atoms with Crippen molar-refractivity contribution in [2.75, 3.05) is 12.4 Å². The number of ether oxygens (including phenoxy) is 2. The zero-order valence-electron chi connectivity index (χ0n) is 13.5. The van der Waals surface area contributed by atoms with Gasteiger partial charge in [0.25, 0.3) is 0 Å². The van der Waals surface area contributed by atoms with Crippen LogP contribution in [-0.2, 0) is 9.59 Å². The van der Waals surface area contributed by atoms with Gasteiger partial charge in [0, 0.05) is 18.7 Å². The first-order valence-electron chi connectivity index (χ1n) is 7.19. The summed E-state index contributed by atoms with van der Waals surface area (Å²) in [7, 11) is 1.47. The van der Waals surface area contributed by atoms with Crippen LogP contribution < -0.4 is 14.8 Å². The molecule has 25 heavy (non-hydrogen) atoms. The van der Waals surface area contributed by atoms with Gasteiger partial charge in [0.05, 0.1) is 17.2 Å². The van der Waals surface area contributed by atoms with Gasteiger partial charge in [-0.3, -0.25) is 9.59 Å². The van der Waals surface area contributed by atoms with E-state index in [0.29, 0.717) is 27.0 Å². The van der Waals surface area contributed by atoms with E-state index in [0.717, 1.165) is 0 Å². The van der Waals surface area contributed by atoms with Crippen LogP contribution in [0.15, 0.2) is 42.5 Å². The number of rotatable bonds is 5. The van der Waals surface area contributed by atoms with Crippen molar-refractivity contribution in [3.05, 3.63) is 58.1 Å². The molecule has 0 spiro atoms. The third-order valence-electron chi connectivity index (χ3n) is 3.06. The predicted molar refractivity (Wildman–Crippen MR) is 98.4 cm³/mol. The summed E-state index contributed by atoms with van der Waals surface area (Å²) in [5.74, 6) is -0.102. The molecule has 0 radical (unpaired) electrons. The Morgan fingerprint density at radius 3 is 2.44 bits per heavy atom. The molecule has 2 aromatic rings. The van der Waals surface area contributed by atoms with Crippen molar-refractivity contribution in [2.45, 2.75) is 6.92 Å². The van der Waals surface area contributed by atoms with E-state index in [2.05, 4.69) is 5.32 Å². The van der Waals surface area contributed by atoms with E-state index >= 15 is 0 Å². The van der Waals surface area contributed by atoms with Crippen molar-refractivity contribution in [3.63, 3.8) is 0 Å². The summed E-state index contributed by atoms with van der Waals surface area (Å²) >= 11 is 11.7. The van der Waals surface area contributed by atoms with Crippen molar-refractivity contribution < 1.29 is 19.1 Å². The molecule has 0 aromatic heterocycles. The van der Waals surface area contributed by atoms with Crippen molar-refractivity contribution in [3.8, 4) is 11.5 Å². The fraction of sp³-hybridized carbons (Fsp3) is 0.111. The highest BCUT2D eigenvalue weighted by atomic mass is 35.5. The number of hydrogen-bond acceptors (Lipinski definition) is 4. The third-order valence-corrected chi connectivity index (χ3v) is 3.79. The zero-order valence-corrected chi connectivity index (χ0v) is 15.0. The number of carbonyl (C=O) groups is 2. The van der Waals surface area contributed by atoms with E-state index in [1.54, 1.807) is 42.5 Å². The van der Waals surface area contributed by atoms with Gasteiger partial charge in [-0.25, -0.2) is 0 Å². The second-order valence-corrected chi connectivity index (χ2v) is 5.77. The Bertz CT molecular complexity index is 834. The van der Waals surface area contributed by atoms with E-state index in [4.69, 9.17) is 32.7 Å². The van der Waals surface area contributed by atoms with Crippen LogP contribution in [0.25, 0.3) is 6.08 Å². The maximum absolute atomic E-state index is 12.0. The summed E-state index contributed by atoms with van der Waals surface area (Å²) in [4.78, 5) is 23.1. The summed E-state index contributed by atoms with van der Waals surface area (Å²) in [6, 6.07) is 9.78. The van der Waals surface area contributed by atoms with Gasteiger partial charge in [-0.05, 0) is 42.0 Å². The van der Waals surface area contributed by atoms with E-state index in [1.165, 1.54) is 20.1 Å². The van der Waals surface area contributed by atoms with Crippen LogP contribution in [0.2, 0.25) is 10.0 Å². The molecule has 0 saturated carbocycles. The van der Waals surface area contributed by atoms with Crippen LogP contribution in [0.3, 0.4) is 0 Å². The fourth-order valence-electron chi connectivity index (χ4n) is 1.96. The Labute approximate surface area is 155 Å². The summed E-state index contributed by atoms with van der Waals surface area (Å²) in [5.41, 5.74) is 1.20. The molecule has 1 N–H and O–H groups in total. The molecule has 0 fully saturated rings. The van der Waals surface area contributed by atoms with Crippen LogP contribution in [-0.4, -0.2) is 19.0 Å². The van der Waals surface area contributed by atoms with Gasteiger partial charge >= 0.3 is 5.97 Å². The smallest absolute Gasteiger partial charge is 0.308 e. The largest absolute Gasteiger partial charge is 0.493 e. The minimum absolute atomic E-state index is 0.280. The van der Waals surface area contributed by atoms with Gasteiger partial charge in [-0.15, -0.1) is 0 Å². The second kappa shape index (κ2) is 8.55. The standard InChI is InChI=1S/C18H15Cl2NO4/c1-11(22)25-17-9-12(3-7-16(17)24-2)4-8-18(23)21-13-5-6-14(19)15(20)10-13/h3-10H,1-2H3,(H,21,23)/b8-4+. The lowest BCUT2D eigenvalue weighted by atomic mass is 10.2. The van der Waals surface area contributed by atoms with E-state index in [9.17, 15) is 9.59 Å². The molecule has 2 aromatic carbocycles. The van der Waals surface area contributed by atoms with Crippen LogP contribution >= 0.6 is 23.2 Å². The van der Waals surface area contributed by atoms with Crippen molar-refractivity contribution >= 4 is 46.8 Å². The molecule has 0 aliphatic rings. The van der Waals surface area contributed by atoms with Crippen molar-refractivity contribution in [2.24, 2.45) is 0 Å². The molecule has 2 rings (SSSR count). The molecule has 5 nitrogen and oxygen atoms in total. The van der Waals surface area contributed by atoms with Crippen LogP contribution in [0.1, 0.15) is 12.5 Å². The van der Waals surface area contributed by atoms with E-state index in [1.807, 2.05) is 0 Å². The first-order valence-corrected chi connectivity index (χ1v) is 7.95. The monoisotopic (exact) mass is 379 g/mol. The minimum Gasteiger partial charge on any atom is -0.493 e. The number of hydrogen-bond donors (Lipinski definition) is 1. The Morgan fingerprint density at radius 2 is 1.80 bits per heavy atom. The van der Waals surface area contributed by atoms with Gasteiger partial charge in [0.1, 0.15) is 0 Å². The van der Waals surface area contributed by atoms with Gasteiger partial charge in [-0.2, -0.15) is 0 Å². The number of halogens is 2. The molecule has 0 heterocycles. The second-order valence-electron chi connectivity index (χ2n) is 4.96. The molecule has 0 aliphatic carbocycles. The summed E-state index contributed by atoms with van der Waals surface area (Å²) in [6.07, 6.45) is 2.93. The van der Waals surface area contributed by atoms with Crippen LogP contribution in [0.5, 0.6) is 11.5 Å². The first kappa shape index (κ1) is 18.8. The van der Waals surface area contributed by atoms with Crippen LogP contribution in [0.4, 0.5) is 5.69 Å². The lowest BCUT2D eigenvalue weighted by Crippen LogP contribution is -2.07. The van der Waals surface area contributed by atoms with Gasteiger partial charge in [-0.1, -0.05) is 29.3 Å². The zero-order chi connectivity index (χ0) is 18.4. The highest BCUT2D eigenvalue weighted by Crippen LogP contribution is 2.29. The summed E-state index contributed by atoms with van der Waals surface area (Å²) in [6.45, 7) is 1.30. The molecular formula is C18H15Cl2NO4. The number of carbonyl (C=O) groups excluding carboxylic acids is 2. The van der Waals surface area contributed by atoms with Gasteiger partial charge in [0.2, 0.25) is 5.91 Å². The number of anilines is 1. The highest BCUT2D eigenvalue weighted by Gasteiger charge is 2.07. The Balaban J connectivity index is 2.10. The average Bonchev–Trinajstić information content (AvgIpc) is 2.56. The van der Waals surface area contributed by atoms with E-state index < -0.39 is 5.97 Å². The molecule has 0 bridgehead atoms. The summed E-state index contributed by atoms with van der Waals surface area (Å²) < 4.78 is 10.2. The molecule has 0 unspecified atom stereocenters.